The lowest BCUT2D eigenvalue weighted by atomic mass is 9.99. The summed E-state index contributed by atoms with van der Waals surface area (Å²) in [4.78, 5) is 25.4. The molecule has 204 valence electrons. The fraction of sp³-hybridized carbons (Fsp3) is 0.423. The Morgan fingerprint density at radius 3 is 2.66 bits per heavy atom. The average molecular weight is 543 g/mol. The van der Waals surface area contributed by atoms with Gasteiger partial charge in [-0.2, -0.15) is 8.42 Å². The summed E-state index contributed by atoms with van der Waals surface area (Å²) in [5, 5.41) is 9.74. The van der Waals surface area contributed by atoms with Gasteiger partial charge in [0.05, 0.1) is 24.5 Å². The highest BCUT2D eigenvalue weighted by atomic mass is 32.2. The van der Waals surface area contributed by atoms with Crippen LogP contribution in [0.2, 0.25) is 0 Å². The number of likely N-dealkylation sites (N-methyl/N-ethyl adjacent to an activating group) is 1. The van der Waals surface area contributed by atoms with E-state index in [-0.39, 0.29) is 40.8 Å². The van der Waals surface area contributed by atoms with Gasteiger partial charge in [-0.25, -0.2) is 4.98 Å². The summed E-state index contributed by atoms with van der Waals surface area (Å²) in [6, 6.07) is 8.15. The second-order valence-corrected chi connectivity index (χ2v) is 11.5. The zero-order valence-electron chi connectivity index (χ0n) is 22.0. The number of hydrogen-bond donors (Lipinski definition) is 2. The minimum Gasteiger partial charge on any atom is -0.488 e. The van der Waals surface area contributed by atoms with Gasteiger partial charge in [0.1, 0.15) is 11.9 Å². The molecule has 0 aliphatic carbocycles. The molecule has 38 heavy (non-hydrogen) atoms. The first-order chi connectivity index (χ1) is 18.1. The molecule has 0 saturated carbocycles. The molecule has 0 unspecified atom stereocenters. The number of hydrogen-bond acceptors (Lipinski definition) is 8. The van der Waals surface area contributed by atoms with Gasteiger partial charge in [-0.15, -0.1) is 0 Å². The molecular formula is C26H34N6O5S. The van der Waals surface area contributed by atoms with E-state index in [0.29, 0.717) is 25.4 Å². The quantitative estimate of drug-likeness (QED) is 0.420. The van der Waals surface area contributed by atoms with Crippen molar-refractivity contribution in [2.24, 2.45) is 13.0 Å². The number of aryl methyl sites for hydroxylation is 1. The maximum atomic E-state index is 13.6. The maximum Gasteiger partial charge on any atom is 0.280 e. The first-order valence-electron chi connectivity index (χ1n) is 12.4. The SMILES string of the molecule is C[C@H]1CN([C@@H](C)CO)C(=O)c2cc(NS(=O)(=O)c3cn(C)cn3)ccc2O[C@H]1CN(C)Cc1ccncc1. The number of anilines is 1. The number of amides is 1. The third-order valence-electron chi connectivity index (χ3n) is 6.57. The Morgan fingerprint density at radius 2 is 2.00 bits per heavy atom. The molecule has 3 aromatic rings. The van der Waals surface area contributed by atoms with Crippen LogP contribution in [0.15, 0.2) is 60.3 Å². The number of nitrogens with one attached hydrogen (secondary N) is 1. The zero-order valence-corrected chi connectivity index (χ0v) is 22.8. The number of rotatable bonds is 9. The predicted octanol–water partition coefficient (Wildman–Crippen LogP) is 1.97. The molecule has 0 saturated heterocycles. The molecular weight excluding hydrogens is 508 g/mol. The first kappa shape index (κ1) is 27.6. The van der Waals surface area contributed by atoms with Gasteiger partial charge in [-0.1, -0.05) is 6.92 Å². The van der Waals surface area contributed by atoms with Gasteiger partial charge < -0.3 is 19.3 Å². The smallest absolute Gasteiger partial charge is 0.280 e. The van der Waals surface area contributed by atoms with Gasteiger partial charge in [-0.3, -0.25) is 19.4 Å². The topological polar surface area (TPSA) is 130 Å². The molecule has 2 N–H and O–H groups in total. The van der Waals surface area contributed by atoms with Gasteiger partial charge in [0.2, 0.25) is 0 Å². The molecule has 0 spiro atoms. The van der Waals surface area contributed by atoms with E-state index in [2.05, 4.69) is 19.6 Å². The summed E-state index contributed by atoms with van der Waals surface area (Å²) < 4.78 is 36.1. The Balaban J connectivity index is 1.63. The second kappa shape index (κ2) is 11.5. The molecule has 0 bridgehead atoms. The molecule has 1 aliphatic rings. The number of fused-ring (bicyclic) bond motifs is 1. The largest absolute Gasteiger partial charge is 0.488 e. The van der Waals surface area contributed by atoms with Crippen molar-refractivity contribution in [3.05, 3.63) is 66.4 Å². The molecule has 1 aliphatic heterocycles. The van der Waals surface area contributed by atoms with Crippen LogP contribution in [0.3, 0.4) is 0 Å². The Hall–Kier alpha value is -3.48. The molecule has 2 aromatic heterocycles. The summed E-state index contributed by atoms with van der Waals surface area (Å²) in [7, 11) is -0.270. The minimum absolute atomic E-state index is 0.0386. The number of aromatic nitrogens is 3. The highest BCUT2D eigenvalue weighted by molar-refractivity contribution is 7.92. The number of carbonyl (C=O) groups is 1. The lowest BCUT2D eigenvalue weighted by molar-refractivity contribution is 0.0341. The van der Waals surface area contributed by atoms with Crippen molar-refractivity contribution >= 4 is 21.6 Å². The van der Waals surface area contributed by atoms with Crippen molar-refractivity contribution in [3.8, 4) is 5.75 Å². The standard InChI is InChI=1S/C26H34N6O5S/c1-18-12-32(19(2)16-33)26(34)22-11-21(29-38(35,36)25-15-31(4)17-28-25)5-6-23(22)37-24(18)14-30(3)13-20-7-9-27-10-8-20/h5-11,15,17-19,24,29,33H,12-14,16H2,1-4H3/t18-,19-,24-/m0/s1. The Morgan fingerprint density at radius 1 is 1.26 bits per heavy atom. The summed E-state index contributed by atoms with van der Waals surface area (Å²) in [6.45, 7) is 5.27. The first-order valence-corrected chi connectivity index (χ1v) is 13.9. The van der Waals surface area contributed by atoms with E-state index < -0.39 is 16.1 Å². The van der Waals surface area contributed by atoms with E-state index in [4.69, 9.17) is 4.74 Å². The minimum atomic E-state index is -3.95. The van der Waals surface area contributed by atoms with Crippen molar-refractivity contribution in [2.75, 3.05) is 31.5 Å². The monoisotopic (exact) mass is 542 g/mol. The van der Waals surface area contributed by atoms with Crippen molar-refractivity contribution in [1.82, 2.24) is 24.3 Å². The van der Waals surface area contributed by atoms with Crippen LogP contribution in [-0.4, -0.2) is 82.7 Å². The Bertz CT molecular complexity index is 1360. The molecule has 3 atom stereocenters. The van der Waals surface area contributed by atoms with Crippen LogP contribution in [0.4, 0.5) is 5.69 Å². The normalized spacial score (nSPS) is 18.9. The lowest BCUT2D eigenvalue weighted by Crippen LogP contribution is -2.49. The van der Waals surface area contributed by atoms with E-state index in [0.717, 1.165) is 5.56 Å². The van der Waals surface area contributed by atoms with E-state index in [9.17, 15) is 18.3 Å². The third kappa shape index (κ3) is 6.32. The predicted molar refractivity (Wildman–Crippen MR) is 142 cm³/mol. The fourth-order valence-electron chi connectivity index (χ4n) is 4.41. The number of aliphatic hydroxyl groups excluding tert-OH is 1. The number of pyridine rings is 1. The molecule has 0 fully saturated rings. The number of carbonyl (C=O) groups excluding carboxylic acids is 1. The molecule has 11 nitrogen and oxygen atoms in total. The van der Waals surface area contributed by atoms with Gasteiger partial charge in [0, 0.05) is 56.9 Å². The van der Waals surface area contributed by atoms with E-state index in [1.165, 1.54) is 23.2 Å². The van der Waals surface area contributed by atoms with Gasteiger partial charge in [0.25, 0.3) is 15.9 Å². The average Bonchev–Trinajstić information content (AvgIpc) is 3.34. The molecule has 1 amide bonds. The van der Waals surface area contributed by atoms with Crippen molar-refractivity contribution < 1.29 is 23.1 Å². The van der Waals surface area contributed by atoms with Crippen LogP contribution in [0.5, 0.6) is 5.75 Å². The van der Waals surface area contributed by atoms with E-state index in [1.807, 2.05) is 26.1 Å². The number of aliphatic hydroxyl groups is 1. The van der Waals surface area contributed by atoms with Crippen molar-refractivity contribution in [1.29, 1.82) is 0 Å². The zero-order chi connectivity index (χ0) is 27.4. The summed E-state index contributed by atoms with van der Waals surface area (Å²) in [5.74, 6) is -0.0148. The highest BCUT2D eigenvalue weighted by Gasteiger charge is 2.34. The molecule has 3 heterocycles. The highest BCUT2D eigenvalue weighted by Crippen LogP contribution is 2.31. The fourth-order valence-corrected chi connectivity index (χ4v) is 5.44. The third-order valence-corrected chi connectivity index (χ3v) is 7.83. The summed E-state index contributed by atoms with van der Waals surface area (Å²) in [5.41, 5.74) is 1.56. The Kier molecular flexibility index (Phi) is 8.34. The summed E-state index contributed by atoms with van der Waals surface area (Å²) in [6.07, 6.45) is 6.04. The van der Waals surface area contributed by atoms with Crippen LogP contribution in [0.25, 0.3) is 0 Å². The second-order valence-electron chi connectivity index (χ2n) is 9.87. The van der Waals surface area contributed by atoms with Crippen molar-refractivity contribution in [3.63, 3.8) is 0 Å². The van der Waals surface area contributed by atoms with Crippen LogP contribution >= 0.6 is 0 Å². The van der Waals surface area contributed by atoms with Crippen LogP contribution in [0, 0.1) is 5.92 Å². The van der Waals surface area contributed by atoms with Gasteiger partial charge in [-0.05, 0) is 49.9 Å². The number of imidazole rings is 1. The van der Waals surface area contributed by atoms with Gasteiger partial charge >= 0.3 is 0 Å². The maximum absolute atomic E-state index is 13.6. The van der Waals surface area contributed by atoms with Gasteiger partial charge in [0.15, 0.2) is 5.03 Å². The van der Waals surface area contributed by atoms with Crippen molar-refractivity contribution in [2.45, 2.75) is 37.6 Å². The Labute approximate surface area is 223 Å². The van der Waals surface area contributed by atoms with E-state index >= 15 is 0 Å². The molecule has 0 radical (unpaired) electrons. The number of sulfonamides is 1. The summed E-state index contributed by atoms with van der Waals surface area (Å²) >= 11 is 0. The number of benzene rings is 1. The molecule has 12 heteroatoms. The van der Waals surface area contributed by atoms with E-state index in [1.54, 1.807) is 43.4 Å². The number of nitrogens with zero attached hydrogens (tertiary/aromatic N) is 5. The molecule has 4 rings (SSSR count). The van der Waals surface area contributed by atoms with Crippen LogP contribution < -0.4 is 9.46 Å². The lowest BCUT2D eigenvalue weighted by Gasteiger charge is -2.38. The van der Waals surface area contributed by atoms with Crippen LogP contribution in [0.1, 0.15) is 29.8 Å². The number of ether oxygens (including phenoxy) is 1. The van der Waals surface area contributed by atoms with Crippen LogP contribution in [-0.2, 0) is 23.6 Å². The molecule has 1 aromatic carbocycles.